The van der Waals surface area contributed by atoms with Gasteiger partial charge in [0.2, 0.25) is 0 Å². The van der Waals surface area contributed by atoms with Gasteiger partial charge in [0.1, 0.15) is 7.98 Å². The van der Waals surface area contributed by atoms with Gasteiger partial charge in [-0.2, -0.15) is 0 Å². The van der Waals surface area contributed by atoms with E-state index in [2.05, 4.69) is 12.8 Å². The molecule has 0 aliphatic carbocycles. The molecule has 10 heavy (non-hydrogen) atoms. The summed E-state index contributed by atoms with van der Waals surface area (Å²) < 4.78 is 11.6. The maximum Gasteiger partial charge on any atom is 0.124 e. The molecule has 0 atom stereocenters. The molecule has 0 amide bonds. The molecule has 0 rings (SSSR count). The fraction of sp³-hybridized carbons (Fsp3) is 0.778. The van der Waals surface area contributed by atoms with Crippen LogP contribution in [0.15, 0.2) is 0 Å². The van der Waals surface area contributed by atoms with Crippen LogP contribution in [-0.2, 0) is 4.74 Å². The second-order valence-electron chi connectivity index (χ2n) is 2.29. The molecule has 0 unspecified atom stereocenters. The number of terminal acetylenes is 1. The Labute approximate surface area is 65.2 Å². The number of rotatable bonds is 6. The van der Waals surface area contributed by atoms with Crippen molar-refractivity contribution in [3.05, 3.63) is 0 Å². The van der Waals surface area contributed by atoms with E-state index < -0.39 is 0 Å². The summed E-state index contributed by atoms with van der Waals surface area (Å²) >= 11 is 0. The van der Waals surface area contributed by atoms with Crippen LogP contribution < -0.4 is 0 Å². The van der Waals surface area contributed by atoms with Crippen molar-refractivity contribution >= 4 is 0 Å². The summed E-state index contributed by atoms with van der Waals surface area (Å²) in [5.74, 6) is 2.53. The fourth-order valence-electron chi connectivity index (χ4n) is 0.754. The van der Waals surface area contributed by atoms with E-state index in [0.717, 1.165) is 13.0 Å². The maximum atomic E-state index is 6.51. The smallest absolute Gasteiger partial charge is 0.124 e. The molecule has 58 valence electrons. The average Bonchev–Trinajstić information content (AvgIpc) is 2.03. The van der Waals surface area contributed by atoms with Crippen LogP contribution in [0.1, 0.15) is 34.0 Å². The fourth-order valence-corrected chi connectivity index (χ4v) is 0.754. The highest BCUT2D eigenvalue weighted by Gasteiger charge is 1.86. The Morgan fingerprint density at radius 3 is 3.10 bits per heavy atom. The minimum absolute atomic E-state index is 0.412. The summed E-state index contributed by atoms with van der Waals surface area (Å²) in [6.45, 7) is 3.39. The molecule has 0 spiro atoms. The van der Waals surface area contributed by atoms with Crippen molar-refractivity contribution in [2.45, 2.75) is 32.6 Å². The first-order valence-corrected chi connectivity index (χ1v) is 3.89. The van der Waals surface area contributed by atoms with E-state index in [1.54, 1.807) is 0 Å². The lowest BCUT2D eigenvalue weighted by Crippen LogP contribution is -1.93. The first-order valence-electron chi connectivity index (χ1n) is 4.39. The third-order valence-corrected chi connectivity index (χ3v) is 1.32. The quantitative estimate of drug-likeness (QED) is 0.407. The van der Waals surface area contributed by atoms with Crippen LogP contribution in [0.2, 0.25) is 0 Å². The molecule has 0 radical (unpaired) electrons. The van der Waals surface area contributed by atoms with Crippen molar-refractivity contribution in [2.24, 2.45) is 0 Å². The van der Waals surface area contributed by atoms with Gasteiger partial charge in [-0.25, -0.2) is 0 Å². The molecule has 0 aliphatic rings. The standard InChI is InChI=1S/C9H16O/c1-3-5-6-7-9-10-8-4-2/h2H,3,5-9H2,1H3/i2D. The van der Waals surface area contributed by atoms with Crippen molar-refractivity contribution in [3.63, 3.8) is 0 Å². The van der Waals surface area contributed by atoms with Gasteiger partial charge < -0.3 is 4.74 Å². The van der Waals surface area contributed by atoms with E-state index in [1.165, 1.54) is 19.3 Å². The first-order chi connectivity index (χ1) is 5.41. The minimum atomic E-state index is 0.412. The molecule has 0 saturated heterocycles. The minimum Gasteiger partial charge on any atom is -0.369 e. The number of unbranched alkanes of at least 4 members (excludes halogenated alkanes) is 3. The normalized spacial score (nSPS) is 9.90. The van der Waals surface area contributed by atoms with Crippen molar-refractivity contribution in [1.29, 1.82) is 0 Å². The third-order valence-electron chi connectivity index (χ3n) is 1.32. The van der Waals surface area contributed by atoms with Gasteiger partial charge in [-0.3, -0.25) is 0 Å². The van der Waals surface area contributed by atoms with E-state index in [1.807, 2.05) is 6.40 Å². The van der Waals surface area contributed by atoms with Gasteiger partial charge in [0.05, 0.1) is 0 Å². The molecular weight excluding hydrogens is 124 g/mol. The van der Waals surface area contributed by atoms with Crippen LogP contribution in [0.5, 0.6) is 0 Å². The zero-order chi connectivity index (χ0) is 8.36. The van der Waals surface area contributed by atoms with E-state index in [-0.39, 0.29) is 0 Å². The topological polar surface area (TPSA) is 9.23 Å². The molecule has 0 heterocycles. The molecule has 1 heteroatoms. The lowest BCUT2D eigenvalue weighted by molar-refractivity contribution is 0.162. The molecule has 1 nitrogen and oxygen atoms in total. The lowest BCUT2D eigenvalue weighted by Gasteiger charge is -1.98. The summed E-state index contributed by atoms with van der Waals surface area (Å²) in [6.07, 6.45) is 6.95. The zero-order valence-electron chi connectivity index (χ0n) is 7.65. The molecule has 0 saturated carbocycles. The van der Waals surface area contributed by atoms with Gasteiger partial charge >= 0.3 is 0 Å². The largest absolute Gasteiger partial charge is 0.369 e. The van der Waals surface area contributed by atoms with Crippen LogP contribution in [-0.4, -0.2) is 13.2 Å². The highest BCUT2D eigenvalue weighted by atomic mass is 16.5. The van der Waals surface area contributed by atoms with Crippen molar-refractivity contribution in [1.82, 2.24) is 0 Å². The molecule has 0 aromatic rings. The first kappa shape index (κ1) is 7.63. The van der Waals surface area contributed by atoms with Crippen molar-refractivity contribution in [3.8, 4) is 12.3 Å². The molecule has 0 fully saturated rings. The van der Waals surface area contributed by atoms with Crippen molar-refractivity contribution in [2.75, 3.05) is 13.2 Å². The van der Waals surface area contributed by atoms with E-state index >= 15 is 0 Å². The number of ether oxygens (including phenoxy) is 1. The summed E-state index contributed by atoms with van der Waals surface area (Å²) in [5, 5.41) is 0. The zero-order valence-corrected chi connectivity index (χ0v) is 6.65. The summed E-state index contributed by atoms with van der Waals surface area (Å²) in [7, 11) is 0. The van der Waals surface area contributed by atoms with Crippen LogP contribution in [0, 0.1) is 12.3 Å². The SMILES string of the molecule is [2H]C#CCOCCCCCC. The van der Waals surface area contributed by atoms with Gasteiger partial charge in [-0.1, -0.05) is 32.1 Å². The average molecular weight is 141 g/mol. The van der Waals surface area contributed by atoms with Gasteiger partial charge in [0.25, 0.3) is 0 Å². The third kappa shape index (κ3) is 7.52. The highest BCUT2D eigenvalue weighted by molar-refractivity contribution is 4.82. The second kappa shape index (κ2) is 8.52. The van der Waals surface area contributed by atoms with Gasteiger partial charge in [0.15, 0.2) is 0 Å². The van der Waals surface area contributed by atoms with Gasteiger partial charge in [-0.15, -0.1) is 6.40 Å². The summed E-state index contributed by atoms with van der Waals surface area (Å²) in [6, 6.07) is 0. The van der Waals surface area contributed by atoms with Gasteiger partial charge in [0, 0.05) is 6.61 Å². The van der Waals surface area contributed by atoms with E-state index in [0.29, 0.717) is 6.61 Å². The maximum absolute atomic E-state index is 6.51. The molecule has 0 bridgehead atoms. The Hall–Kier alpha value is -0.480. The summed E-state index contributed by atoms with van der Waals surface area (Å²) in [4.78, 5) is 0. The van der Waals surface area contributed by atoms with Crippen LogP contribution in [0.3, 0.4) is 0 Å². The van der Waals surface area contributed by atoms with Crippen molar-refractivity contribution < 1.29 is 6.11 Å². The predicted molar refractivity (Wildman–Crippen MR) is 43.8 cm³/mol. The molecule has 0 aliphatic heterocycles. The molecule has 0 aromatic heterocycles. The second-order valence-corrected chi connectivity index (χ2v) is 2.29. The number of hydrogen-bond donors (Lipinski definition) is 0. The summed E-state index contributed by atoms with van der Waals surface area (Å²) in [5.41, 5.74) is 0. The Balaban J connectivity index is 2.83. The molecule has 0 aromatic carbocycles. The van der Waals surface area contributed by atoms with E-state index in [9.17, 15) is 0 Å². The Morgan fingerprint density at radius 1 is 1.50 bits per heavy atom. The number of hydrogen-bond acceptors (Lipinski definition) is 1. The highest BCUT2D eigenvalue weighted by Crippen LogP contribution is 1.98. The molecule has 0 N–H and O–H groups in total. The monoisotopic (exact) mass is 141 g/mol. The Morgan fingerprint density at radius 2 is 2.40 bits per heavy atom. The van der Waals surface area contributed by atoms with Crippen LogP contribution in [0.25, 0.3) is 0 Å². The van der Waals surface area contributed by atoms with Crippen LogP contribution in [0.4, 0.5) is 0 Å². The van der Waals surface area contributed by atoms with Crippen LogP contribution >= 0.6 is 0 Å². The predicted octanol–water partition coefficient (Wildman–Crippen LogP) is 2.22. The lowest BCUT2D eigenvalue weighted by atomic mass is 10.2. The van der Waals surface area contributed by atoms with Gasteiger partial charge in [-0.05, 0) is 6.42 Å². The Bertz CT molecular complexity index is 123. The Kier molecular flexibility index (Phi) is 6.50. The van der Waals surface area contributed by atoms with E-state index in [4.69, 9.17) is 6.11 Å². The molecular formula is C9H16O.